The highest BCUT2D eigenvalue weighted by molar-refractivity contribution is 7.17. The number of carboxylic acids is 1. The molecule has 0 aliphatic heterocycles. The molecule has 0 fully saturated rings. The first-order valence-corrected chi connectivity index (χ1v) is 7.10. The lowest BCUT2D eigenvalue weighted by Gasteiger charge is -2.22. The molecule has 0 amide bonds. The largest absolute Gasteiger partial charge is 0.480 e. The molecule has 2 heterocycles. The Morgan fingerprint density at radius 3 is 2.79 bits per heavy atom. The Hall–Kier alpha value is -1.69. The maximum absolute atomic E-state index is 11.0. The first kappa shape index (κ1) is 13.7. The molecule has 2 aromatic heterocycles. The first-order valence-electron chi connectivity index (χ1n) is 6.22. The minimum absolute atomic E-state index is 0.0331. The number of hydrogen-bond donors (Lipinski definition) is 1. The molecule has 1 N–H and O–H groups in total. The van der Waals surface area contributed by atoms with Crippen LogP contribution in [0.5, 0.6) is 0 Å². The number of hydrogen-bond acceptors (Lipinski definition) is 5. The zero-order valence-corrected chi connectivity index (χ0v) is 12.1. The molecule has 0 unspecified atom stereocenters. The number of rotatable bonds is 5. The number of carbonyl (C=O) groups is 1. The Kier molecular flexibility index (Phi) is 3.99. The Bertz CT molecular complexity index is 609. The predicted octanol–water partition coefficient (Wildman–Crippen LogP) is 2.61. The summed E-state index contributed by atoms with van der Waals surface area (Å²) in [6, 6.07) is 0. The molecular formula is C13H17N3O2S. The fourth-order valence-electron chi connectivity index (χ4n) is 2.09. The number of fused-ring (bicyclic) bond motifs is 1. The molecule has 0 aliphatic rings. The molecule has 2 rings (SSSR count). The van der Waals surface area contributed by atoms with E-state index in [0.29, 0.717) is 12.4 Å². The van der Waals surface area contributed by atoms with Gasteiger partial charge in [-0.15, -0.1) is 11.3 Å². The molecule has 2 aromatic rings. The van der Waals surface area contributed by atoms with E-state index >= 15 is 0 Å². The van der Waals surface area contributed by atoms with Gasteiger partial charge in [-0.2, -0.15) is 0 Å². The Labute approximate surface area is 115 Å². The second-order valence-electron chi connectivity index (χ2n) is 4.51. The molecule has 0 aliphatic carbocycles. The van der Waals surface area contributed by atoms with Crippen LogP contribution in [-0.4, -0.2) is 34.1 Å². The number of aliphatic carboxylic acids is 1. The quantitative estimate of drug-likeness (QED) is 0.911. The van der Waals surface area contributed by atoms with Crippen molar-refractivity contribution in [2.75, 3.05) is 18.0 Å². The van der Waals surface area contributed by atoms with Crippen LogP contribution < -0.4 is 4.90 Å². The standard InChI is InChI=1S/C13H17N3O2S/c1-4-5-16(6-10(17)18)12-11-8(2)7-19-13(11)15-9(3)14-12/h7H,4-6H2,1-3H3,(H,17,18). The summed E-state index contributed by atoms with van der Waals surface area (Å²) < 4.78 is 0. The van der Waals surface area contributed by atoms with Gasteiger partial charge in [0.15, 0.2) is 0 Å². The van der Waals surface area contributed by atoms with E-state index in [4.69, 9.17) is 5.11 Å². The van der Waals surface area contributed by atoms with Gasteiger partial charge in [-0.1, -0.05) is 6.92 Å². The van der Waals surface area contributed by atoms with Crippen LogP contribution in [0.3, 0.4) is 0 Å². The number of anilines is 1. The highest BCUT2D eigenvalue weighted by atomic mass is 32.1. The molecule has 0 saturated carbocycles. The summed E-state index contributed by atoms with van der Waals surface area (Å²) in [7, 11) is 0. The highest BCUT2D eigenvalue weighted by Crippen LogP contribution is 2.31. The van der Waals surface area contributed by atoms with Crippen molar-refractivity contribution in [2.45, 2.75) is 27.2 Å². The topological polar surface area (TPSA) is 66.3 Å². The van der Waals surface area contributed by atoms with Crippen LogP contribution in [0.25, 0.3) is 10.2 Å². The van der Waals surface area contributed by atoms with E-state index in [-0.39, 0.29) is 6.54 Å². The summed E-state index contributed by atoms with van der Waals surface area (Å²) in [5.41, 5.74) is 1.10. The number of aryl methyl sites for hydroxylation is 2. The van der Waals surface area contributed by atoms with Crippen LogP contribution >= 0.6 is 11.3 Å². The van der Waals surface area contributed by atoms with Crippen LogP contribution in [-0.2, 0) is 4.79 Å². The molecule has 5 nitrogen and oxygen atoms in total. The van der Waals surface area contributed by atoms with E-state index in [0.717, 1.165) is 28.0 Å². The Morgan fingerprint density at radius 1 is 1.42 bits per heavy atom. The van der Waals surface area contributed by atoms with Crippen molar-refractivity contribution < 1.29 is 9.90 Å². The van der Waals surface area contributed by atoms with Crippen molar-refractivity contribution in [1.82, 2.24) is 9.97 Å². The molecule has 102 valence electrons. The molecule has 0 saturated heterocycles. The van der Waals surface area contributed by atoms with Gasteiger partial charge in [0.1, 0.15) is 23.0 Å². The van der Waals surface area contributed by atoms with Crippen molar-refractivity contribution >= 4 is 33.3 Å². The molecule has 0 spiro atoms. The van der Waals surface area contributed by atoms with Crippen LogP contribution in [0.1, 0.15) is 24.7 Å². The monoisotopic (exact) mass is 279 g/mol. The van der Waals surface area contributed by atoms with E-state index in [2.05, 4.69) is 9.97 Å². The van der Waals surface area contributed by atoms with Gasteiger partial charge < -0.3 is 10.0 Å². The van der Waals surface area contributed by atoms with Crippen molar-refractivity contribution in [2.24, 2.45) is 0 Å². The Morgan fingerprint density at radius 2 is 2.16 bits per heavy atom. The maximum Gasteiger partial charge on any atom is 0.323 e. The minimum atomic E-state index is -0.842. The number of nitrogens with zero attached hydrogens (tertiary/aromatic N) is 3. The van der Waals surface area contributed by atoms with Crippen LogP contribution in [0.15, 0.2) is 5.38 Å². The van der Waals surface area contributed by atoms with Gasteiger partial charge in [-0.25, -0.2) is 9.97 Å². The summed E-state index contributed by atoms with van der Waals surface area (Å²) in [5, 5.41) is 12.1. The summed E-state index contributed by atoms with van der Waals surface area (Å²) in [5.74, 6) is 0.576. The third-order valence-corrected chi connectivity index (χ3v) is 3.82. The smallest absolute Gasteiger partial charge is 0.323 e. The zero-order valence-electron chi connectivity index (χ0n) is 11.3. The van der Waals surface area contributed by atoms with E-state index in [1.807, 2.05) is 31.1 Å². The average Bonchev–Trinajstić information content (AvgIpc) is 2.69. The van der Waals surface area contributed by atoms with E-state index in [9.17, 15) is 4.79 Å². The van der Waals surface area contributed by atoms with E-state index in [1.165, 1.54) is 0 Å². The SMILES string of the molecule is CCCN(CC(=O)O)c1nc(C)nc2scc(C)c12. The van der Waals surface area contributed by atoms with Crippen LogP contribution in [0.4, 0.5) is 5.82 Å². The molecule has 0 bridgehead atoms. The lowest BCUT2D eigenvalue weighted by molar-refractivity contribution is -0.135. The van der Waals surface area contributed by atoms with E-state index < -0.39 is 5.97 Å². The molecule has 0 radical (unpaired) electrons. The predicted molar refractivity (Wildman–Crippen MR) is 77.0 cm³/mol. The van der Waals surface area contributed by atoms with Crippen LogP contribution in [0, 0.1) is 13.8 Å². The van der Waals surface area contributed by atoms with Gasteiger partial charge in [0, 0.05) is 6.54 Å². The second kappa shape index (κ2) is 5.52. The molecule has 0 atom stereocenters. The minimum Gasteiger partial charge on any atom is -0.480 e. The molecule has 0 aromatic carbocycles. The van der Waals surface area contributed by atoms with Gasteiger partial charge in [0.25, 0.3) is 0 Å². The van der Waals surface area contributed by atoms with Crippen molar-refractivity contribution in [1.29, 1.82) is 0 Å². The lowest BCUT2D eigenvalue weighted by atomic mass is 10.2. The third-order valence-electron chi connectivity index (χ3n) is 2.83. The first-order chi connectivity index (χ1) is 9.02. The Balaban J connectivity index is 2.56. The third kappa shape index (κ3) is 2.84. The van der Waals surface area contributed by atoms with Crippen molar-refractivity contribution in [3.05, 3.63) is 16.8 Å². The van der Waals surface area contributed by atoms with Gasteiger partial charge in [0.2, 0.25) is 0 Å². The summed E-state index contributed by atoms with van der Waals surface area (Å²) >= 11 is 1.57. The normalized spacial score (nSPS) is 10.9. The van der Waals surface area contributed by atoms with Crippen LogP contribution in [0.2, 0.25) is 0 Å². The number of carboxylic acid groups (broad SMARTS) is 1. The van der Waals surface area contributed by atoms with Gasteiger partial charge >= 0.3 is 5.97 Å². The summed E-state index contributed by atoms with van der Waals surface area (Å²) in [6.45, 7) is 6.51. The fourth-order valence-corrected chi connectivity index (χ4v) is 3.05. The summed E-state index contributed by atoms with van der Waals surface area (Å²) in [6.07, 6.45) is 0.876. The van der Waals surface area contributed by atoms with Gasteiger partial charge in [-0.3, -0.25) is 4.79 Å². The lowest BCUT2D eigenvalue weighted by Crippen LogP contribution is -2.31. The molecule has 19 heavy (non-hydrogen) atoms. The number of thiophene rings is 1. The van der Waals surface area contributed by atoms with Crippen molar-refractivity contribution in [3.63, 3.8) is 0 Å². The number of aromatic nitrogens is 2. The maximum atomic E-state index is 11.0. The highest BCUT2D eigenvalue weighted by Gasteiger charge is 2.18. The zero-order chi connectivity index (χ0) is 14.0. The van der Waals surface area contributed by atoms with Crippen molar-refractivity contribution in [3.8, 4) is 0 Å². The summed E-state index contributed by atoms with van der Waals surface area (Å²) in [4.78, 5) is 22.6. The molecule has 6 heteroatoms. The molecular weight excluding hydrogens is 262 g/mol. The van der Waals surface area contributed by atoms with Gasteiger partial charge in [-0.05, 0) is 31.2 Å². The fraction of sp³-hybridized carbons (Fsp3) is 0.462. The second-order valence-corrected chi connectivity index (χ2v) is 5.37. The van der Waals surface area contributed by atoms with E-state index in [1.54, 1.807) is 11.3 Å². The average molecular weight is 279 g/mol. The van der Waals surface area contributed by atoms with Gasteiger partial charge in [0.05, 0.1) is 5.39 Å².